The van der Waals surface area contributed by atoms with Crippen LogP contribution < -0.4 is 5.73 Å². The van der Waals surface area contributed by atoms with Crippen LogP contribution in [0.25, 0.3) is 0 Å². The summed E-state index contributed by atoms with van der Waals surface area (Å²) in [6, 6.07) is 4.00. The number of hydrogen-bond donors (Lipinski definition) is 1. The molecular weight excluding hydrogens is 307 g/mol. The van der Waals surface area contributed by atoms with Gasteiger partial charge in [-0.3, -0.25) is 4.57 Å². The zero-order valence-electron chi connectivity index (χ0n) is 12.0. The van der Waals surface area contributed by atoms with Gasteiger partial charge in [0.05, 0.1) is 12.7 Å². The average Bonchev–Trinajstić information content (AvgIpc) is 2.86. The van der Waals surface area contributed by atoms with E-state index in [0.717, 1.165) is 6.07 Å². The van der Waals surface area contributed by atoms with Gasteiger partial charge in [0, 0.05) is 12.3 Å². The number of halogens is 1. The minimum Gasteiger partial charge on any atom is -0.465 e. The van der Waals surface area contributed by atoms with E-state index in [0.29, 0.717) is 23.0 Å². The molecule has 0 fully saturated rings. The number of methoxy groups -OCH3 is 1. The largest absolute Gasteiger partial charge is 0.465 e. The van der Waals surface area contributed by atoms with Gasteiger partial charge in [0.1, 0.15) is 5.82 Å². The molecule has 2 rings (SSSR count). The van der Waals surface area contributed by atoms with Gasteiger partial charge in [-0.15, -0.1) is 16.8 Å². The average molecular weight is 322 g/mol. The first-order valence-electron chi connectivity index (χ1n) is 6.36. The molecule has 116 valence electrons. The van der Waals surface area contributed by atoms with E-state index < -0.39 is 11.8 Å². The number of carbonyl (C=O) groups is 1. The highest BCUT2D eigenvalue weighted by molar-refractivity contribution is 7.98. The molecule has 8 heteroatoms. The predicted molar refractivity (Wildman–Crippen MR) is 81.9 cm³/mol. The van der Waals surface area contributed by atoms with Gasteiger partial charge < -0.3 is 10.5 Å². The van der Waals surface area contributed by atoms with E-state index >= 15 is 0 Å². The van der Waals surface area contributed by atoms with Crippen LogP contribution in [0.15, 0.2) is 36.0 Å². The number of anilines is 1. The Morgan fingerprint density at radius 3 is 3.00 bits per heavy atom. The number of nitrogens with zero attached hydrogens (tertiary/aromatic N) is 3. The maximum Gasteiger partial charge on any atom is 0.338 e. The lowest BCUT2D eigenvalue weighted by atomic mass is 10.1. The molecule has 2 aromatic rings. The van der Waals surface area contributed by atoms with Crippen molar-refractivity contribution in [3.8, 4) is 0 Å². The van der Waals surface area contributed by atoms with E-state index in [2.05, 4.69) is 21.5 Å². The van der Waals surface area contributed by atoms with Crippen LogP contribution in [0.1, 0.15) is 15.9 Å². The van der Waals surface area contributed by atoms with E-state index in [9.17, 15) is 9.18 Å². The molecule has 0 aliphatic carbocycles. The van der Waals surface area contributed by atoms with Crippen LogP contribution in [0.4, 0.5) is 10.3 Å². The smallest absolute Gasteiger partial charge is 0.338 e. The first-order chi connectivity index (χ1) is 10.6. The van der Waals surface area contributed by atoms with Gasteiger partial charge in [0.2, 0.25) is 5.95 Å². The van der Waals surface area contributed by atoms with Crippen molar-refractivity contribution in [2.75, 3.05) is 12.8 Å². The number of aromatic nitrogens is 3. The molecule has 0 saturated carbocycles. The molecule has 0 amide bonds. The quantitative estimate of drug-likeness (QED) is 0.499. The highest BCUT2D eigenvalue weighted by atomic mass is 32.2. The highest BCUT2D eigenvalue weighted by Crippen LogP contribution is 2.25. The summed E-state index contributed by atoms with van der Waals surface area (Å²) in [6.45, 7) is 4.13. The molecule has 0 unspecified atom stereocenters. The minimum atomic E-state index is -0.581. The third kappa shape index (κ3) is 3.45. The maximum atomic E-state index is 13.3. The van der Waals surface area contributed by atoms with Crippen LogP contribution in [0.2, 0.25) is 0 Å². The summed E-state index contributed by atoms with van der Waals surface area (Å²) in [6.07, 6.45) is 1.68. The molecule has 1 aromatic heterocycles. The number of nitrogens with two attached hydrogens (primary N) is 1. The molecule has 0 radical (unpaired) electrons. The molecule has 0 aliphatic rings. The first kappa shape index (κ1) is 16.0. The summed E-state index contributed by atoms with van der Waals surface area (Å²) in [5.41, 5.74) is 6.56. The summed E-state index contributed by atoms with van der Waals surface area (Å²) in [4.78, 5) is 11.7. The van der Waals surface area contributed by atoms with Gasteiger partial charge in [-0.25, -0.2) is 9.18 Å². The van der Waals surface area contributed by atoms with E-state index in [1.807, 2.05) is 0 Å². The fraction of sp³-hybridized carbons (Fsp3) is 0.214. The van der Waals surface area contributed by atoms with Crippen molar-refractivity contribution >= 4 is 23.7 Å². The van der Waals surface area contributed by atoms with Crippen LogP contribution in [0.3, 0.4) is 0 Å². The second-order valence-electron chi connectivity index (χ2n) is 4.32. The summed E-state index contributed by atoms with van der Waals surface area (Å²) in [5, 5.41) is 8.38. The molecule has 22 heavy (non-hydrogen) atoms. The Balaban J connectivity index is 2.22. The Labute approximate surface area is 131 Å². The monoisotopic (exact) mass is 322 g/mol. The van der Waals surface area contributed by atoms with E-state index in [4.69, 9.17) is 5.73 Å². The lowest BCUT2D eigenvalue weighted by molar-refractivity contribution is 0.0599. The third-order valence-electron chi connectivity index (χ3n) is 2.89. The number of rotatable bonds is 6. The Morgan fingerprint density at radius 2 is 2.32 bits per heavy atom. The second-order valence-corrected chi connectivity index (χ2v) is 5.26. The normalized spacial score (nSPS) is 10.5. The van der Waals surface area contributed by atoms with Crippen LogP contribution in [0.5, 0.6) is 0 Å². The van der Waals surface area contributed by atoms with Crippen molar-refractivity contribution in [1.82, 2.24) is 14.8 Å². The first-order valence-corrected chi connectivity index (χ1v) is 7.34. The molecule has 0 bridgehead atoms. The zero-order chi connectivity index (χ0) is 16.1. The van der Waals surface area contributed by atoms with Crippen molar-refractivity contribution in [2.24, 2.45) is 0 Å². The van der Waals surface area contributed by atoms with E-state index in [1.165, 1.54) is 24.9 Å². The Hall–Kier alpha value is -2.35. The Kier molecular flexibility index (Phi) is 5.16. The van der Waals surface area contributed by atoms with Gasteiger partial charge in [-0.1, -0.05) is 23.9 Å². The number of esters is 1. The highest BCUT2D eigenvalue weighted by Gasteiger charge is 2.15. The summed E-state index contributed by atoms with van der Waals surface area (Å²) >= 11 is 1.34. The molecule has 0 spiro atoms. The van der Waals surface area contributed by atoms with Crippen molar-refractivity contribution in [3.63, 3.8) is 0 Å². The number of nitrogen functional groups attached to an aromatic ring is 1. The second kappa shape index (κ2) is 7.08. The van der Waals surface area contributed by atoms with E-state index in [1.54, 1.807) is 16.7 Å². The third-order valence-corrected chi connectivity index (χ3v) is 3.91. The summed E-state index contributed by atoms with van der Waals surface area (Å²) < 4.78 is 19.7. The van der Waals surface area contributed by atoms with E-state index in [-0.39, 0.29) is 11.5 Å². The van der Waals surface area contributed by atoms with Gasteiger partial charge in [-0.2, -0.15) is 0 Å². The number of ether oxygens (including phenoxy) is 1. The lowest BCUT2D eigenvalue weighted by Crippen LogP contribution is -2.06. The molecular formula is C14H15FN4O2S. The van der Waals surface area contributed by atoms with Crippen LogP contribution in [-0.4, -0.2) is 27.8 Å². The summed E-state index contributed by atoms with van der Waals surface area (Å²) in [7, 11) is 1.26. The van der Waals surface area contributed by atoms with Crippen LogP contribution in [0, 0.1) is 5.82 Å². The van der Waals surface area contributed by atoms with Gasteiger partial charge in [0.15, 0.2) is 5.16 Å². The number of allylic oxidation sites excluding steroid dienone is 1. The van der Waals surface area contributed by atoms with Crippen LogP contribution >= 0.6 is 11.8 Å². The topological polar surface area (TPSA) is 83.0 Å². The molecule has 0 atom stereocenters. The fourth-order valence-corrected chi connectivity index (χ4v) is 2.78. The van der Waals surface area contributed by atoms with Gasteiger partial charge in [-0.05, 0) is 17.7 Å². The number of benzene rings is 1. The summed E-state index contributed by atoms with van der Waals surface area (Å²) in [5.74, 6) is -0.384. The minimum absolute atomic E-state index is 0.192. The Bertz CT molecular complexity index is 702. The number of thioether (sulfide) groups is 1. The fourth-order valence-electron chi connectivity index (χ4n) is 1.82. The molecule has 6 nitrogen and oxygen atoms in total. The van der Waals surface area contributed by atoms with Gasteiger partial charge >= 0.3 is 5.97 Å². The molecule has 1 heterocycles. The molecule has 0 aliphatic heterocycles. The molecule has 2 N–H and O–H groups in total. The predicted octanol–water partition coefficient (Wildman–Crippen LogP) is 2.26. The zero-order valence-corrected chi connectivity index (χ0v) is 12.8. The van der Waals surface area contributed by atoms with Crippen LogP contribution in [-0.2, 0) is 17.0 Å². The molecule has 1 aromatic carbocycles. The standard InChI is InChI=1S/C14H15FN4O2S/c1-3-6-19-13(16)17-18-14(19)22-8-9-4-5-10(15)7-11(9)12(20)21-2/h3-5,7H,1,6,8H2,2H3,(H2,16,17). The van der Waals surface area contributed by atoms with Crippen molar-refractivity contribution < 1.29 is 13.9 Å². The van der Waals surface area contributed by atoms with Crippen molar-refractivity contribution in [1.29, 1.82) is 0 Å². The maximum absolute atomic E-state index is 13.3. The van der Waals surface area contributed by atoms with Crippen molar-refractivity contribution in [2.45, 2.75) is 17.5 Å². The van der Waals surface area contributed by atoms with Gasteiger partial charge in [0.25, 0.3) is 0 Å². The SMILES string of the molecule is C=CCn1c(N)nnc1SCc1ccc(F)cc1C(=O)OC. The van der Waals surface area contributed by atoms with Crippen molar-refractivity contribution in [3.05, 3.63) is 47.8 Å². The molecule has 0 saturated heterocycles. The Morgan fingerprint density at radius 1 is 1.55 bits per heavy atom. The lowest BCUT2D eigenvalue weighted by Gasteiger charge is -2.08. The number of hydrogen-bond acceptors (Lipinski definition) is 6. The number of carbonyl (C=O) groups excluding carboxylic acids is 1.